The summed E-state index contributed by atoms with van der Waals surface area (Å²) in [6, 6.07) is 13.2. The molecular weight excluding hydrogens is 350 g/mol. The third-order valence-electron chi connectivity index (χ3n) is 5.35. The van der Waals surface area contributed by atoms with Gasteiger partial charge in [0.05, 0.1) is 6.54 Å². The van der Waals surface area contributed by atoms with Crippen molar-refractivity contribution in [2.75, 3.05) is 26.2 Å². The Labute approximate surface area is 167 Å². The average molecular weight is 382 g/mol. The monoisotopic (exact) mass is 381 g/mol. The van der Waals surface area contributed by atoms with Crippen molar-refractivity contribution in [2.24, 2.45) is 0 Å². The van der Waals surface area contributed by atoms with Gasteiger partial charge in [-0.2, -0.15) is 0 Å². The Balaban J connectivity index is 1.42. The van der Waals surface area contributed by atoms with Crippen LogP contribution in [-0.2, 0) is 6.54 Å². The molecule has 1 aromatic carbocycles. The van der Waals surface area contributed by atoms with Gasteiger partial charge in [-0.1, -0.05) is 43.2 Å². The predicted molar refractivity (Wildman–Crippen MR) is 113 cm³/mol. The Hall–Kier alpha value is -2.40. The van der Waals surface area contributed by atoms with Crippen LogP contribution in [0.2, 0.25) is 0 Å². The van der Waals surface area contributed by atoms with Gasteiger partial charge in [0.25, 0.3) is 11.5 Å². The summed E-state index contributed by atoms with van der Waals surface area (Å²) in [5, 5.41) is 2.90. The molecule has 0 bridgehead atoms. The number of benzene rings is 1. The van der Waals surface area contributed by atoms with E-state index >= 15 is 0 Å². The fraction of sp³-hybridized carbons (Fsp3) is 0.478. The SMILES string of the molecule is O=C(NCCCCCN1CCCCC1)c1cccn(Cc2ccccc2)c1=O. The van der Waals surface area contributed by atoms with E-state index in [4.69, 9.17) is 0 Å². The zero-order chi connectivity index (χ0) is 19.6. The summed E-state index contributed by atoms with van der Waals surface area (Å²) in [5.41, 5.74) is 1.01. The molecule has 150 valence electrons. The molecule has 2 aromatic rings. The van der Waals surface area contributed by atoms with Crippen molar-refractivity contribution >= 4 is 5.91 Å². The first-order valence-electron chi connectivity index (χ1n) is 10.5. The zero-order valence-electron chi connectivity index (χ0n) is 16.6. The van der Waals surface area contributed by atoms with Crippen LogP contribution in [-0.4, -0.2) is 41.6 Å². The fourth-order valence-electron chi connectivity index (χ4n) is 3.73. The molecule has 5 heteroatoms. The molecule has 0 atom stereocenters. The number of amides is 1. The minimum atomic E-state index is -0.275. The predicted octanol–water partition coefficient (Wildman–Crippen LogP) is 3.28. The van der Waals surface area contributed by atoms with Crippen LogP contribution >= 0.6 is 0 Å². The van der Waals surface area contributed by atoms with Gasteiger partial charge in [-0.3, -0.25) is 9.59 Å². The summed E-state index contributed by atoms with van der Waals surface area (Å²) < 4.78 is 1.59. The molecule has 0 radical (unpaired) electrons. The van der Waals surface area contributed by atoms with E-state index in [-0.39, 0.29) is 17.0 Å². The lowest BCUT2D eigenvalue weighted by Crippen LogP contribution is -2.33. The molecule has 2 heterocycles. The highest BCUT2D eigenvalue weighted by atomic mass is 16.2. The lowest BCUT2D eigenvalue weighted by Gasteiger charge is -2.26. The van der Waals surface area contributed by atoms with Crippen LogP contribution in [0.1, 0.15) is 54.4 Å². The Morgan fingerprint density at radius 3 is 2.50 bits per heavy atom. The van der Waals surface area contributed by atoms with E-state index in [1.54, 1.807) is 22.9 Å². The molecule has 0 saturated carbocycles. The number of rotatable bonds is 9. The van der Waals surface area contributed by atoms with Crippen LogP contribution < -0.4 is 10.9 Å². The number of carbonyl (C=O) groups excluding carboxylic acids is 1. The van der Waals surface area contributed by atoms with E-state index in [1.165, 1.54) is 38.8 Å². The molecule has 3 rings (SSSR count). The van der Waals surface area contributed by atoms with Gasteiger partial charge < -0.3 is 14.8 Å². The smallest absolute Gasteiger partial charge is 0.263 e. The van der Waals surface area contributed by atoms with Crippen LogP contribution in [0.5, 0.6) is 0 Å². The van der Waals surface area contributed by atoms with Crippen molar-refractivity contribution in [3.63, 3.8) is 0 Å². The highest BCUT2D eigenvalue weighted by molar-refractivity contribution is 5.93. The minimum Gasteiger partial charge on any atom is -0.352 e. The van der Waals surface area contributed by atoms with Gasteiger partial charge in [0, 0.05) is 12.7 Å². The topological polar surface area (TPSA) is 54.3 Å². The van der Waals surface area contributed by atoms with E-state index in [0.29, 0.717) is 13.1 Å². The lowest BCUT2D eigenvalue weighted by atomic mass is 10.1. The van der Waals surface area contributed by atoms with Gasteiger partial charge in [-0.05, 0) is 63.0 Å². The van der Waals surface area contributed by atoms with Crippen LogP contribution in [0, 0.1) is 0 Å². The average Bonchev–Trinajstić information content (AvgIpc) is 2.73. The number of nitrogens with one attached hydrogen (secondary N) is 1. The third-order valence-corrected chi connectivity index (χ3v) is 5.35. The van der Waals surface area contributed by atoms with Crippen molar-refractivity contribution in [3.05, 3.63) is 70.1 Å². The van der Waals surface area contributed by atoms with E-state index in [2.05, 4.69) is 10.2 Å². The fourth-order valence-corrected chi connectivity index (χ4v) is 3.73. The molecule has 0 unspecified atom stereocenters. The largest absolute Gasteiger partial charge is 0.352 e. The van der Waals surface area contributed by atoms with E-state index in [0.717, 1.165) is 24.9 Å². The van der Waals surface area contributed by atoms with Crippen molar-refractivity contribution in [1.29, 1.82) is 0 Å². The first kappa shape index (κ1) is 20.3. The second kappa shape index (κ2) is 10.8. The summed E-state index contributed by atoms with van der Waals surface area (Å²) in [7, 11) is 0. The first-order chi connectivity index (χ1) is 13.7. The first-order valence-corrected chi connectivity index (χ1v) is 10.5. The number of piperidine rings is 1. The van der Waals surface area contributed by atoms with Crippen LogP contribution in [0.3, 0.4) is 0 Å². The zero-order valence-corrected chi connectivity index (χ0v) is 16.6. The summed E-state index contributed by atoms with van der Waals surface area (Å²) in [6.45, 7) is 4.72. The molecule has 0 aliphatic carbocycles. The molecule has 1 saturated heterocycles. The summed E-state index contributed by atoms with van der Waals surface area (Å²) in [5.74, 6) is -0.275. The van der Waals surface area contributed by atoms with E-state index in [9.17, 15) is 9.59 Å². The van der Waals surface area contributed by atoms with Crippen molar-refractivity contribution in [1.82, 2.24) is 14.8 Å². The Morgan fingerprint density at radius 2 is 1.71 bits per heavy atom. The number of hydrogen-bond donors (Lipinski definition) is 1. The Bertz CT molecular complexity index is 795. The summed E-state index contributed by atoms with van der Waals surface area (Å²) in [4.78, 5) is 27.6. The lowest BCUT2D eigenvalue weighted by molar-refractivity contribution is 0.0950. The normalized spacial score (nSPS) is 14.7. The maximum atomic E-state index is 12.6. The van der Waals surface area contributed by atoms with E-state index < -0.39 is 0 Å². The maximum Gasteiger partial charge on any atom is 0.263 e. The Kier molecular flexibility index (Phi) is 7.85. The molecule has 1 aromatic heterocycles. The highest BCUT2D eigenvalue weighted by Gasteiger charge is 2.12. The summed E-state index contributed by atoms with van der Waals surface area (Å²) in [6.07, 6.45) is 8.98. The van der Waals surface area contributed by atoms with Gasteiger partial charge >= 0.3 is 0 Å². The maximum absolute atomic E-state index is 12.6. The molecule has 5 nitrogen and oxygen atoms in total. The number of hydrogen-bond acceptors (Lipinski definition) is 3. The number of likely N-dealkylation sites (tertiary alicyclic amines) is 1. The van der Waals surface area contributed by atoms with Crippen LogP contribution in [0.15, 0.2) is 53.5 Å². The standard InChI is InChI=1S/C23H31N3O2/c27-22(24-14-6-2-7-15-25-16-8-3-9-17-25)21-13-10-18-26(23(21)28)19-20-11-4-1-5-12-20/h1,4-5,10-13,18H,2-3,6-9,14-17,19H2,(H,24,27). The Morgan fingerprint density at radius 1 is 0.929 bits per heavy atom. The molecule has 1 aliphatic heterocycles. The van der Waals surface area contributed by atoms with Gasteiger partial charge in [-0.25, -0.2) is 0 Å². The number of unbranched alkanes of at least 4 members (excludes halogenated alkanes) is 2. The van der Waals surface area contributed by atoms with Gasteiger partial charge in [0.2, 0.25) is 0 Å². The molecule has 1 N–H and O–H groups in total. The molecule has 1 amide bonds. The van der Waals surface area contributed by atoms with E-state index in [1.807, 2.05) is 30.3 Å². The number of nitrogens with zero attached hydrogens (tertiary/aromatic N) is 2. The molecular formula is C23H31N3O2. The van der Waals surface area contributed by atoms with Crippen LogP contribution in [0.25, 0.3) is 0 Å². The number of pyridine rings is 1. The highest BCUT2D eigenvalue weighted by Crippen LogP contribution is 2.09. The number of aromatic nitrogens is 1. The van der Waals surface area contributed by atoms with Crippen molar-refractivity contribution in [2.45, 2.75) is 45.1 Å². The molecule has 0 spiro atoms. The van der Waals surface area contributed by atoms with Gasteiger partial charge in [0.15, 0.2) is 0 Å². The third kappa shape index (κ3) is 6.06. The number of carbonyl (C=O) groups is 1. The molecule has 1 aliphatic rings. The van der Waals surface area contributed by atoms with Crippen molar-refractivity contribution in [3.8, 4) is 0 Å². The second-order valence-corrected chi connectivity index (χ2v) is 7.56. The summed E-state index contributed by atoms with van der Waals surface area (Å²) >= 11 is 0. The van der Waals surface area contributed by atoms with Gasteiger partial charge in [-0.15, -0.1) is 0 Å². The molecule has 28 heavy (non-hydrogen) atoms. The van der Waals surface area contributed by atoms with Crippen LogP contribution in [0.4, 0.5) is 0 Å². The van der Waals surface area contributed by atoms with Crippen molar-refractivity contribution < 1.29 is 4.79 Å². The quantitative estimate of drug-likeness (QED) is 0.678. The molecule has 1 fully saturated rings. The second-order valence-electron chi connectivity index (χ2n) is 7.56. The minimum absolute atomic E-state index is 0.215. The van der Waals surface area contributed by atoms with Gasteiger partial charge in [0.1, 0.15) is 5.56 Å².